The summed E-state index contributed by atoms with van der Waals surface area (Å²) in [4.78, 5) is 7.72. The van der Waals surface area contributed by atoms with Gasteiger partial charge in [0.15, 0.2) is 0 Å². The second-order valence-electron chi connectivity index (χ2n) is 1.57. The van der Waals surface area contributed by atoms with Crippen LogP contribution in [0.2, 0.25) is 0 Å². The zero-order valence-electron chi connectivity index (χ0n) is 7.87. The summed E-state index contributed by atoms with van der Waals surface area (Å²) in [6.07, 6.45) is 3.09. The van der Waals surface area contributed by atoms with E-state index in [1.165, 1.54) is 14.2 Å². The predicted molar refractivity (Wildman–Crippen MR) is 46.5 cm³/mol. The molecule has 1 heterocycles. The summed E-state index contributed by atoms with van der Waals surface area (Å²) in [5.74, 6) is 0.815. The minimum absolute atomic E-state index is 0.407. The normalized spacial score (nSPS) is 8.00. The SMILES string of the molecule is CC.COc1nccnc1OC. The van der Waals surface area contributed by atoms with Crippen molar-refractivity contribution in [1.82, 2.24) is 9.97 Å². The second-order valence-corrected chi connectivity index (χ2v) is 1.57. The number of aromatic nitrogens is 2. The lowest BCUT2D eigenvalue weighted by Crippen LogP contribution is -1.94. The van der Waals surface area contributed by atoms with Crippen molar-refractivity contribution in [3.8, 4) is 11.8 Å². The highest BCUT2D eigenvalue weighted by molar-refractivity contribution is 5.23. The Morgan fingerprint density at radius 1 is 0.917 bits per heavy atom. The topological polar surface area (TPSA) is 44.2 Å². The molecule has 0 aliphatic carbocycles. The molecule has 0 amide bonds. The van der Waals surface area contributed by atoms with Crippen LogP contribution >= 0.6 is 0 Å². The van der Waals surface area contributed by atoms with Crippen molar-refractivity contribution in [3.05, 3.63) is 12.4 Å². The van der Waals surface area contributed by atoms with Crippen LogP contribution in [0.1, 0.15) is 13.8 Å². The molecule has 0 N–H and O–H groups in total. The molecule has 1 aromatic rings. The lowest BCUT2D eigenvalue weighted by Gasteiger charge is -2.01. The first-order chi connectivity index (χ1) is 5.88. The third kappa shape index (κ3) is 2.74. The van der Waals surface area contributed by atoms with Gasteiger partial charge in [0, 0.05) is 12.4 Å². The molecule has 0 radical (unpaired) electrons. The van der Waals surface area contributed by atoms with Gasteiger partial charge in [-0.2, -0.15) is 0 Å². The monoisotopic (exact) mass is 170 g/mol. The van der Waals surface area contributed by atoms with E-state index in [2.05, 4.69) is 9.97 Å². The third-order valence-electron chi connectivity index (χ3n) is 1.02. The maximum absolute atomic E-state index is 4.84. The van der Waals surface area contributed by atoms with Crippen molar-refractivity contribution in [3.63, 3.8) is 0 Å². The maximum Gasteiger partial charge on any atom is 0.277 e. The number of nitrogens with zero attached hydrogens (tertiary/aromatic N) is 2. The zero-order valence-corrected chi connectivity index (χ0v) is 7.87. The largest absolute Gasteiger partial charge is 0.477 e. The molecule has 1 rings (SSSR count). The maximum atomic E-state index is 4.84. The number of rotatable bonds is 2. The summed E-state index contributed by atoms with van der Waals surface area (Å²) in [6.45, 7) is 4.00. The standard InChI is InChI=1S/C6H8N2O2.C2H6/c1-9-5-6(10-2)8-4-3-7-5;1-2/h3-4H,1-2H3;1-2H3. The van der Waals surface area contributed by atoms with Crippen molar-refractivity contribution in [1.29, 1.82) is 0 Å². The molecule has 0 saturated heterocycles. The number of hydrogen-bond donors (Lipinski definition) is 0. The summed E-state index contributed by atoms with van der Waals surface area (Å²) in [5.41, 5.74) is 0. The van der Waals surface area contributed by atoms with Crippen LogP contribution in [0.25, 0.3) is 0 Å². The molecular weight excluding hydrogens is 156 g/mol. The Labute approximate surface area is 72.6 Å². The predicted octanol–water partition coefficient (Wildman–Crippen LogP) is 1.52. The summed E-state index contributed by atoms with van der Waals surface area (Å²) in [7, 11) is 3.04. The van der Waals surface area contributed by atoms with Gasteiger partial charge in [0.05, 0.1) is 14.2 Å². The summed E-state index contributed by atoms with van der Waals surface area (Å²) >= 11 is 0. The fraction of sp³-hybridized carbons (Fsp3) is 0.500. The van der Waals surface area contributed by atoms with Crippen molar-refractivity contribution in [2.45, 2.75) is 13.8 Å². The van der Waals surface area contributed by atoms with E-state index in [4.69, 9.17) is 9.47 Å². The minimum Gasteiger partial charge on any atom is -0.477 e. The molecular formula is C8H14N2O2. The molecule has 12 heavy (non-hydrogen) atoms. The molecule has 0 bridgehead atoms. The summed E-state index contributed by atoms with van der Waals surface area (Å²) < 4.78 is 9.68. The van der Waals surface area contributed by atoms with Gasteiger partial charge >= 0.3 is 0 Å². The molecule has 0 aromatic carbocycles. The van der Waals surface area contributed by atoms with Gasteiger partial charge < -0.3 is 9.47 Å². The Morgan fingerprint density at radius 2 is 1.25 bits per heavy atom. The van der Waals surface area contributed by atoms with Crippen LogP contribution in [0, 0.1) is 0 Å². The lowest BCUT2D eigenvalue weighted by atomic mass is 10.7. The molecule has 0 aliphatic heterocycles. The first-order valence-electron chi connectivity index (χ1n) is 3.77. The van der Waals surface area contributed by atoms with Gasteiger partial charge in [0.25, 0.3) is 11.8 Å². The van der Waals surface area contributed by atoms with E-state index in [9.17, 15) is 0 Å². The Bertz CT molecular complexity index is 193. The average molecular weight is 170 g/mol. The highest BCUT2D eigenvalue weighted by atomic mass is 16.5. The van der Waals surface area contributed by atoms with Gasteiger partial charge in [0.1, 0.15) is 0 Å². The van der Waals surface area contributed by atoms with Gasteiger partial charge in [-0.1, -0.05) is 13.8 Å². The Kier molecular flexibility index (Phi) is 5.69. The third-order valence-corrected chi connectivity index (χ3v) is 1.02. The van der Waals surface area contributed by atoms with E-state index in [0.29, 0.717) is 11.8 Å². The molecule has 1 aromatic heterocycles. The van der Waals surface area contributed by atoms with E-state index in [1.807, 2.05) is 13.8 Å². The smallest absolute Gasteiger partial charge is 0.277 e. The number of methoxy groups -OCH3 is 2. The molecule has 0 spiro atoms. The number of ether oxygens (including phenoxy) is 2. The minimum atomic E-state index is 0.407. The summed E-state index contributed by atoms with van der Waals surface area (Å²) in [6, 6.07) is 0. The molecule has 68 valence electrons. The van der Waals surface area contributed by atoms with Gasteiger partial charge in [0.2, 0.25) is 0 Å². The van der Waals surface area contributed by atoms with Crippen LogP contribution in [0.4, 0.5) is 0 Å². The van der Waals surface area contributed by atoms with Crippen molar-refractivity contribution >= 4 is 0 Å². The first-order valence-corrected chi connectivity index (χ1v) is 3.77. The van der Waals surface area contributed by atoms with Crippen LogP contribution in [-0.2, 0) is 0 Å². The summed E-state index contributed by atoms with van der Waals surface area (Å²) in [5, 5.41) is 0. The Hall–Kier alpha value is -1.32. The molecule has 4 heteroatoms. The van der Waals surface area contributed by atoms with Crippen molar-refractivity contribution < 1.29 is 9.47 Å². The van der Waals surface area contributed by atoms with Crippen LogP contribution in [-0.4, -0.2) is 24.2 Å². The van der Waals surface area contributed by atoms with Crippen LogP contribution < -0.4 is 9.47 Å². The lowest BCUT2D eigenvalue weighted by molar-refractivity contribution is 0.331. The molecule has 0 atom stereocenters. The van der Waals surface area contributed by atoms with Crippen LogP contribution in [0.3, 0.4) is 0 Å². The number of hydrogen-bond acceptors (Lipinski definition) is 4. The average Bonchev–Trinajstić information content (AvgIpc) is 2.20. The van der Waals surface area contributed by atoms with E-state index in [1.54, 1.807) is 12.4 Å². The van der Waals surface area contributed by atoms with Gasteiger partial charge in [-0.25, -0.2) is 9.97 Å². The quantitative estimate of drug-likeness (QED) is 0.675. The van der Waals surface area contributed by atoms with Crippen LogP contribution in [0.5, 0.6) is 11.8 Å². The second kappa shape index (κ2) is 6.39. The van der Waals surface area contributed by atoms with Crippen molar-refractivity contribution in [2.75, 3.05) is 14.2 Å². The molecule has 0 saturated carbocycles. The van der Waals surface area contributed by atoms with Gasteiger partial charge in [-0.3, -0.25) is 0 Å². The Balaban J connectivity index is 0.000000561. The molecule has 0 unspecified atom stereocenters. The fourth-order valence-corrected chi connectivity index (χ4v) is 0.593. The van der Waals surface area contributed by atoms with Crippen LogP contribution in [0.15, 0.2) is 12.4 Å². The fourth-order valence-electron chi connectivity index (χ4n) is 0.593. The van der Waals surface area contributed by atoms with Gasteiger partial charge in [-0.05, 0) is 0 Å². The highest BCUT2D eigenvalue weighted by Gasteiger charge is 2.01. The zero-order chi connectivity index (χ0) is 9.40. The molecule has 0 aliphatic rings. The highest BCUT2D eigenvalue weighted by Crippen LogP contribution is 2.17. The Morgan fingerprint density at radius 3 is 1.50 bits per heavy atom. The van der Waals surface area contributed by atoms with E-state index in [-0.39, 0.29) is 0 Å². The van der Waals surface area contributed by atoms with E-state index >= 15 is 0 Å². The first kappa shape index (κ1) is 10.7. The van der Waals surface area contributed by atoms with E-state index < -0.39 is 0 Å². The van der Waals surface area contributed by atoms with E-state index in [0.717, 1.165) is 0 Å². The van der Waals surface area contributed by atoms with Crippen molar-refractivity contribution in [2.24, 2.45) is 0 Å². The molecule has 0 fully saturated rings. The molecule has 4 nitrogen and oxygen atoms in total. The van der Waals surface area contributed by atoms with Gasteiger partial charge in [-0.15, -0.1) is 0 Å².